The van der Waals surface area contributed by atoms with E-state index in [0.717, 1.165) is 38.5 Å². The lowest BCUT2D eigenvalue weighted by Gasteiger charge is -2.41. The third-order valence-electron chi connectivity index (χ3n) is 5.34. The number of likely N-dealkylation sites (N-methyl/N-ethyl adjacent to an activating group) is 1. The molecule has 2 atom stereocenters. The molecule has 152 valence electrons. The lowest BCUT2D eigenvalue weighted by Crippen LogP contribution is -2.52. The number of piperazine rings is 1. The van der Waals surface area contributed by atoms with Crippen LogP contribution in [0.15, 0.2) is 41.8 Å². The van der Waals surface area contributed by atoms with E-state index in [4.69, 9.17) is 4.74 Å². The molecule has 0 spiro atoms. The highest BCUT2D eigenvalue weighted by Crippen LogP contribution is 2.29. The summed E-state index contributed by atoms with van der Waals surface area (Å²) < 4.78 is 5.47. The number of carbonyl (C=O) groups excluding carboxylic acids is 1. The minimum Gasteiger partial charge on any atom is -0.494 e. The molecular weight excluding hydrogens is 370 g/mol. The fourth-order valence-electron chi connectivity index (χ4n) is 3.80. The maximum atomic E-state index is 12.8. The van der Waals surface area contributed by atoms with Crippen molar-refractivity contribution >= 4 is 17.2 Å². The van der Waals surface area contributed by atoms with Gasteiger partial charge >= 0.3 is 0 Å². The molecule has 1 fully saturated rings. The summed E-state index contributed by atoms with van der Waals surface area (Å²) in [6, 6.07) is 11.8. The maximum absolute atomic E-state index is 12.8. The third kappa shape index (κ3) is 5.13. The minimum atomic E-state index is -0.0377. The summed E-state index contributed by atoms with van der Waals surface area (Å²) in [6.07, 6.45) is 0. The Hall–Kier alpha value is -1.89. The predicted octanol–water partition coefficient (Wildman–Crippen LogP) is 3.64. The van der Waals surface area contributed by atoms with E-state index in [1.165, 1.54) is 4.88 Å². The quantitative estimate of drug-likeness (QED) is 0.733. The molecule has 28 heavy (non-hydrogen) atoms. The normalized spacial score (nSPS) is 17.8. The van der Waals surface area contributed by atoms with Gasteiger partial charge < -0.3 is 15.0 Å². The van der Waals surface area contributed by atoms with Gasteiger partial charge in [0.05, 0.1) is 12.6 Å². The van der Waals surface area contributed by atoms with Gasteiger partial charge in [-0.15, -0.1) is 11.3 Å². The summed E-state index contributed by atoms with van der Waals surface area (Å²) in [6.45, 7) is 12.2. The topological polar surface area (TPSA) is 44.8 Å². The van der Waals surface area contributed by atoms with E-state index in [1.54, 1.807) is 11.3 Å². The van der Waals surface area contributed by atoms with Crippen molar-refractivity contribution in [2.45, 2.75) is 32.9 Å². The minimum absolute atomic E-state index is 0.0193. The van der Waals surface area contributed by atoms with Gasteiger partial charge in [-0.25, -0.2) is 0 Å². The molecule has 1 N–H and O–H groups in total. The fraction of sp³-hybridized carbons (Fsp3) is 0.500. The Morgan fingerprint density at radius 1 is 1.14 bits per heavy atom. The van der Waals surface area contributed by atoms with Crippen LogP contribution in [0.3, 0.4) is 0 Å². The zero-order valence-electron chi connectivity index (χ0n) is 17.1. The van der Waals surface area contributed by atoms with Crippen molar-refractivity contribution in [3.63, 3.8) is 0 Å². The predicted molar refractivity (Wildman–Crippen MR) is 115 cm³/mol. The highest BCUT2D eigenvalue weighted by atomic mass is 32.1. The molecule has 0 bridgehead atoms. The standard InChI is InChI=1S/C22H31N3O2S/c1-4-24-12-14-25(15-13-24)21(20-7-6-16-28-20)17(3)23-22(26)18-8-10-19(11-9-18)27-5-2/h6-11,16-17,21H,4-5,12-15H2,1-3H3,(H,23,26)/t17-,21+/m0/s1. The van der Waals surface area contributed by atoms with Crippen LogP contribution in [0.5, 0.6) is 5.75 Å². The van der Waals surface area contributed by atoms with Crippen molar-refractivity contribution in [2.75, 3.05) is 39.3 Å². The van der Waals surface area contributed by atoms with Crippen LogP contribution in [-0.4, -0.2) is 61.1 Å². The molecule has 6 heteroatoms. The second-order valence-electron chi connectivity index (χ2n) is 7.15. The van der Waals surface area contributed by atoms with E-state index in [0.29, 0.717) is 12.2 Å². The van der Waals surface area contributed by atoms with Gasteiger partial charge in [0.1, 0.15) is 5.75 Å². The summed E-state index contributed by atoms with van der Waals surface area (Å²) >= 11 is 1.77. The summed E-state index contributed by atoms with van der Waals surface area (Å²) in [5.74, 6) is 0.752. The first-order valence-corrected chi connectivity index (χ1v) is 11.0. The van der Waals surface area contributed by atoms with Gasteiger partial charge in [0, 0.05) is 42.7 Å². The zero-order valence-corrected chi connectivity index (χ0v) is 17.9. The molecule has 0 saturated carbocycles. The van der Waals surface area contributed by atoms with Crippen LogP contribution in [-0.2, 0) is 0 Å². The summed E-state index contributed by atoms with van der Waals surface area (Å²) in [5, 5.41) is 5.35. The van der Waals surface area contributed by atoms with E-state index in [1.807, 2.05) is 31.2 Å². The van der Waals surface area contributed by atoms with Gasteiger partial charge in [-0.2, -0.15) is 0 Å². The molecule has 3 rings (SSSR count). The van der Waals surface area contributed by atoms with Crippen LogP contribution in [0.1, 0.15) is 42.0 Å². The van der Waals surface area contributed by atoms with Crippen molar-refractivity contribution in [1.29, 1.82) is 0 Å². The maximum Gasteiger partial charge on any atom is 0.251 e. The van der Waals surface area contributed by atoms with E-state index >= 15 is 0 Å². The largest absolute Gasteiger partial charge is 0.494 e. The average Bonchev–Trinajstić information content (AvgIpc) is 3.23. The van der Waals surface area contributed by atoms with E-state index in [-0.39, 0.29) is 18.0 Å². The molecule has 0 unspecified atom stereocenters. The molecular formula is C22H31N3O2S. The molecule has 2 heterocycles. The number of amides is 1. The second kappa shape index (κ2) is 10.0. The van der Waals surface area contributed by atoms with Crippen molar-refractivity contribution in [3.05, 3.63) is 52.2 Å². The SMILES string of the molecule is CCOc1ccc(C(=O)N[C@@H](C)[C@H](c2cccs2)N2CCN(CC)CC2)cc1. The van der Waals surface area contributed by atoms with Crippen LogP contribution < -0.4 is 10.1 Å². The van der Waals surface area contributed by atoms with Crippen LogP contribution in [0.25, 0.3) is 0 Å². The van der Waals surface area contributed by atoms with Crippen molar-refractivity contribution in [1.82, 2.24) is 15.1 Å². The lowest BCUT2D eigenvalue weighted by molar-refractivity contribution is 0.0753. The van der Waals surface area contributed by atoms with Gasteiger partial charge in [0.25, 0.3) is 5.91 Å². The number of hydrogen-bond acceptors (Lipinski definition) is 5. The highest BCUT2D eigenvalue weighted by Gasteiger charge is 2.30. The molecule has 2 aromatic rings. The monoisotopic (exact) mass is 401 g/mol. The van der Waals surface area contributed by atoms with Crippen LogP contribution in [0.2, 0.25) is 0 Å². The smallest absolute Gasteiger partial charge is 0.251 e. The number of nitrogens with one attached hydrogen (secondary N) is 1. The molecule has 1 saturated heterocycles. The van der Waals surface area contributed by atoms with Crippen LogP contribution >= 0.6 is 11.3 Å². The number of carbonyl (C=O) groups is 1. The Morgan fingerprint density at radius 2 is 1.86 bits per heavy atom. The molecule has 5 nitrogen and oxygen atoms in total. The number of thiophene rings is 1. The van der Waals surface area contributed by atoms with Crippen LogP contribution in [0, 0.1) is 0 Å². The Labute approximate surface area is 172 Å². The average molecular weight is 402 g/mol. The summed E-state index contributed by atoms with van der Waals surface area (Å²) in [7, 11) is 0. The van der Waals surface area contributed by atoms with Crippen molar-refractivity contribution in [2.24, 2.45) is 0 Å². The van der Waals surface area contributed by atoms with Gasteiger partial charge in [0.15, 0.2) is 0 Å². The van der Waals surface area contributed by atoms with Crippen molar-refractivity contribution < 1.29 is 9.53 Å². The number of benzene rings is 1. The molecule has 1 aliphatic heterocycles. The first-order chi connectivity index (χ1) is 13.6. The molecule has 0 aliphatic carbocycles. The number of nitrogens with zero attached hydrogens (tertiary/aromatic N) is 2. The first kappa shape index (κ1) is 20.8. The lowest BCUT2D eigenvalue weighted by atomic mass is 10.0. The molecule has 1 aliphatic rings. The van der Waals surface area contributed by atoms with Gasteiger partial charge in [-0.1, -0.05) is 13.0 Å². The second-order valence-corrected chi connectivity index (χ2v) is 8.13. The highest BCUT2D eigenvalue weighted by molar-refractivity contribution is 7.10. The van der Waals surface area contributed by atoms with Crippen LogP contribution in [0.4, 0.5) is 0 Å². The molecule has 1 aromatic heterocycles. The summed E-state index contributed by atoms with van der Waals surface area (Å²) in [4.78, 5) is 19.1. The molecule has 1 amide bonds. The number of rotatable bonds is 8. The number of ether oxygens (including phenoxy) is 1. The van der Waals surface area contributed by atoms with E-state index in [9.17, 15) is 4.79 Å². The van der Waals surface area contributed by atoms with E-state index in [2.05, 4.69) is 46.5 Å². The van der Waals surface area contributed by atoms with Gasteiger partial charge in [0.2, 0.25) is 0 Å². The Morgan fingerprint density at radius 3 is 2.43 bits per heavy atom. The molecule has 1 aromatic carbocycles. The Balaban J connectivity index is 1.69. The first-order valence-electron chi connectivity index (χ1n) is 10.2. The zero-order chi connectivity index (χ0) is 19.9. The summed E-state index contributed by atoms with van der Waals surface area (Å²) in [5.41, 5.74) is 0.663. The molecule has 0 radical (unpaired) electrons. The van der Waals surface area contributed by atoms with Gasteiger partial charge in [-0.05, 0) is 56.1 Å². The fourth-order valence-corrected chi connectivity index (χ4v) is 4.76. The Bertz CT molecular complexity index is 725. The van der Waals surface area contributed by atoms with E-state index < -0.39 is 0 Å². The number of hydrogen-bond donors (Lipinski definition) is 1. The van der Waals surface area contributed by atoms with Gasteiger partial charge in [-0.3, -0.25) is 9.69 Å². The Kier molecular flexibility index (Phi) is 7.48. The van der Waals surface area contributed by atoms with Crippen molar-refractivity contribution in [3.8, 4) is 5.75 Å². The third-order valence-corrected chi connectivity index (χ3v) is 6.29.